The van der Waals surface area contributed by atoms with E-state index in [2.05, 4.69) is 26.8 Å². The van der Waals surface area contributed by atoms with Gasteiger partial charge in [-0.1, -0.05) is 30.3 Å². The molecule has 4 aliphatic heterocycles. The zero-order valence-corrected chi connectivity index (χ0v) is 43.2. The van der Waals surface area contributed by atoms with Gasteiger partial charge in [-0.3, -0.25) is 24.6 Å². The second kappa shape index (κ2) is 32.5. The summed E-state index contributed by atoms with van der Waals surface area (Å²) in [4.78, 5) is 63.9. The van der Waals surface area contributed by atoms with Gasteiger partial charge in [-0.15, -0.1) is 0 Å². The standard InChI is InChI=1S/C48H77N5O26/c1-22-32(60)36(64)39(67)45(75-22)72-15-13-49-29(57)12-11-25(51-30(58)9-5-6-10-31(59)53-52-24(18-54)17-23-7-3-2-4-8-23)44(71)50-14-16-73-47-42(70)43(79-48-41(69)38(66)34(62)27(20-56)77-48)35(63)28(78-47)21-74-46-40(68)37(65)33(61)26(19-55)76-46/h2-4,7-8,18,22,24-28,32-43,45-48,52,55-56,60-70H,5-6,9-17,19-21H2,1H3,(H,49,57)(H,50,71)(H,51,58)(H,53,59)/t22-,24-,25-,26+,27+,28+,32+,33+,34+,35+,36+,37-,38-,39-,40-,41-,42-,43-,45+,46-,47-,48+/m0/s1. The van der Waals surface area contributed by atoms with Gasteiger partial charge >= 0.3 is 0 Å². The van der Waals surface area contributed by atoms with Crippen LogP contribution in [0.2, 0.25) is 0 Å². The number of carbonyl (C=O) groups is 5. The molecule has 1 aromatic carbocycles. The highest BCUT2D eigenvalue weighted by atomic mass is 16.8. The Morgan fingerprint density at radius 1 is 0.582 bits per heavy atom. The predicted octanol–water partition coefficient (Wildman–Crippen LogP) is -9.22. The summed E-state index contributed by atoms with van der Waals surface area (Å²) in [5.41, 5.74) is 6.03. The molecule has 31 heteroatoms. The summed E-state index contributed by atoms with van der Waals surface area (Å²) in [5.74, 6) is -2.47. The minimum Gasteiger partial charge on any atom is -0.394 e. The van der Waals surface area contributed by atoms with Crippen molar-refractivity contribution < 1.29 is 128 Å². The number of hydrazine groups is 1. The number of unbranched alkanes of at least 4 members (excludes halogenated alkanes) is 1. The topological polar surface area (TPSA) is 482 Å². The molecule has 18 N–H and O–H groups in total. The fraction of sp³-hybridized carbons (Fsp3) is 0.771. The van der Waals surface area contributed by atoms with Gasteiger partial charge in [0.15, 0.2) is 25.2 Å². The normalized spacial score (nSPS) is 35.6. The van der Waals surface area contributed by atoms with Crippen LogP contribution >= 0.6 is 0 Å². The molecule has 79 heavy (non-hydrogen) atoms. The number of aliphatic hydroxyl groups excluding tert-OH is 13. The number of aliphatic hydroxyl groups is 13. The molecule has 0 bridgehead atoms. The number of ether oxygens (including phenoxy) is 8. The molecule has 5 rings (SSSR count). The van der Waals surface area contributed by atoms with E-state index in [1.807, 2.05) is 30.3 Å². The van der Waals surface area contributed by atoms with Crippen LogP contribution in [0.1, 0.15) is 51.0 Å². The Morgan fingerprint density at radius 3 is 1.72 bits per heavy atom. The Morgan fingerprint density at radius 2 is 1.11 bits per heavy atom. The van der Waals surface area contributed by atoms with E-state index in [9.17, 15) is 90.4 Å². The highest BCUT2D eigenvalue weighted by molar-refractivity contribution is 5.88. The van der Waals surface area contributed by atoms with E-state index in [0.29, 0.717) is 12.7 Å². The first kappa shape index (κ1) is 65.7. The summed E-state index contributed by atoms with van der Waals surface area (Å²) < 4.78 is 44.3. The third-order valence-electron chi connectivity index (χ3n) is 13.5. The molecule has 4 fully saturated rings. The lowest BCUT2D eigenvalue weighted by Gasteiger charge is -2.46. The third kappa shape index (κ3) is 19.0. The van der Waals surface area contributed by atoms with Crippen LogP contribution in [0.5, 0.6) is 0 Å². The Bertz CT molecular complexity index is 2020. The van der Waals surface area contributed by atoms with Crippen LogP contribution in [0, 0.1) is 0 Å². The molecule has 0 radical (unpaired) electrons. The van der Waals surface area contributed by atoms with E-state index >= 15 is 0 Å². The van der Waals surface area contributed by atoms with E-state index in [4.69, 9.17) is 37.9 Å². The quantitative estimate of drug-likeness (QED) is 0.0193. The molecule has 4 saturated heterocycles. The van der Waals surface area contributed by atoms with Gasteiger partial charge in [0.05, 0.1) is 45.2 Å². The molecule has 22 atom stereocenters. The zero-order chi connectivity index (χ0) is 57.9. The Kier molecular flexibility index (Phi) is 27.0. The maximum atomic E-state index is 13.7. The van der Waals surface area contributed by atoms with E-state index < -0.39 is 185 Å². The molecular weight excluding hydrogens is 1060 g/mol. The number of hydrogen-bond donors (Lipinski definition) is 18. The fourth-order valence-electron chi connectivity index (χ4n) is 8.76. The largest absolute Gasteiger partial charge is 0.394 e. The van der Waals surface area contributed by atoms with Crippen molar-refractivity contribution in [3.63, 3.8) is 0 Å². The number of carbonyl (C=O) groups excluding carboxylic acids is 5. The van der Waals surface area contributed by atoms with Crippen LogP contribution in [0.3, 0.4) is 0 Å². The van der Waals surface area contributed by atoms with Crippen molar-refractivity contribution in [3.8, 4) is 0 Å². The van der Waals surface area contributed by atoms with Crippen molar-refractivity contribution >= 4 is 29.9 Å². The fourth-order valence-corrected chi connectivity index (χ4v) is 8.76. The van der Waals surface area contributed by atoms with Crippen molar-refractivity contribution in [2.75, 3.05) is 46.1 Å². The number of aldehydes is 1. The zero-order valence-electron chi connectivity index (χ0n) is 43.2. The van der Waals surface area contributed by atoms with Crippen LogP contribution < -0.4 is 26.8 Å². The highest BCUT2D eigenvalue weighted by Crippen LogP contribution is 2.31. The van der Waals surface area contributed by atoms with Gasteiger partial charge < -0.3 is 125 Å². The highest BCUT2D eigenvalue weighted by Gasteiger charge is 2.52. The summed E-state index contributed by atoms with van der Waals surface area (Å²) in [6.07, 6.45) is -32.8. The van der Waals surface area contributed by atoms with Gasteiger partial charge in [-0.25, -0.2) is 5.43 Å². The molecule has 0 saturated carbocycles. The second-order valence-corrected chi connectivity index (χ2v) is 19.4. The lowest BCUT2D eigenvalue weighted by atomic mass is 9.96. The molecule has 0 aliphatic carbocycles. The third-order valence-corrected chi connectivity index (χ3v) is 13.5. The first-order chi connectivity index (χ1) is 37.7. The van der Waals surface area contributed by atoms with Crippen molar-refractivity contribution in [1.29, 1.82) is 0 Å². The summed E-state index contributed by atoms with van der Waals surface area (Å²) in [7, 11) is 0. The van der Waals surface area contributed by atoms with Gasteiger partial charge in [0, 0.05) is 32.4 Å². The molecular formula is C48H77N5O26. The first-order valence-corrected chi connectivity index (χ1v) is 25.9. The molecule has 0 spiro atoms. The molecule has 31 nitrogen and oxygen atoms in total. The molecule has 0 aromatic heterocycles. The van der Waals surface area contributed by atoms with Crippen LogP contribution in [0.15, 0.2) is 30.3 Å². The van der Waals surface area contributed by atoms with Gasteiger partial charge in [-0.05, 0) is 38.2 Å². The van der Waals surface area contributed by atoms with E-state index in [1.165, 1.54) is 6.92 Å². The number of benzene rings is 1. The molecule has 450 valence electrons. The van der Waals surface area contributed by atoms with E-state index in [-0.39, 0.29) is 58.2 Å². The predicted molar refractivity (Wildman–Crippen MR) is 260 cm³/mol. The van der Waals surface area contributed by atoms with Crippen LogP contribution in [-0.2, 0) is 68.3 Å². The maximum absolute atomic E-state index is 13.7. The first-order valence-electron chi connectivity index (χ1n) is 25.9. The average Bonchev–Trinajstić information content (AvgIpc) is 3.47. The van der Waals surface area contributed by atoms with Gasteiger partial charge in [0.2, 0.25) is 23.6 Å². The van der Waals surface area contributed by atoms with Gasteiger partial charge in [0.25, 0.3) is 0 Å². The number of amides is 4. The van der Waals surface area contributed by atoms with Crippen molar-refractivity contribution in [1.82, 2.24) is 26.8 Å². The van der Waals surface area contributed by atoms with Crippen molar-refractivity contribution in [2.45, 2.75) is 187 Å². The van der Waals surface area contributed by atoms with E-state index in [1.54, 1.807) is 0 Å². The summed E-state index contributed by atoms with van der Waals surface area (Å²) in [5, 5.41) is 142. The van der Waals surface area contributed by atoms with Gasteiger partial charge in [0.1, 0.15) is 104 Å². The smallest absolute Gasteiger partial charge is 0.242 e. The minimum absolute atomic E-state index is 0.0244. The minimum atomic E-state index is -2.00. The molecule has 1 aromatic rings. The second-order valence-electron chi connectivity index (χ2n) is 19.4. The maximum Gasteiger partial charge on any atom is 0.242 e. The lowest BCUT2D eigenvalue weighted by molar-refractivity contribution is -0.366. The summed E-state index contributed by atoms with van der Waals surface area (Å²) >= 11 is 0. The van der Waals surface area contributed by atoms with E-state index in [0.717, 1.165) is 5.56 Å². The molecule has 4 amide bonds. The molecule has 0 unspecified atom stereocenters. The van der Waals surface area contributed by atoms with Crippen molar-refractivity contribution in [3.05, 3.63) is 35.9 Å². The SMILES string of the molecule is C[C@@H]1O[C@@H](OCCNC(=O)CC[C@H](NC(=O)CCCCC(=O)NN[C@H](C=O)Cc2ccccc2)C(=O)NCCO[C@H]2O[C@H](CO[C@H]3O[C@H](CO)[C@@H](O)[C@H](O)[C@@H]3O)[C@@H](O)[C@H](O[C@H]3O[C@H](CO)[C@@H](O)[C@H](O)[C@@H]3O)[C@@H]2O)[C@@H](O)[C@H](O)[C@@H]1O. The lowest BCUT2D eigenvalue weighted by Crippen LogP contribution is -2.65. The Hall–Kier alpha value is -4.11. The molecule has 4 heterocycles. The van der Waals surface area contributed by atoms with Crippen LogP contribution in [-0.4, -0.2) is 277 Å². The Labute approximate surface area is 452 Å². The van der Waals surface area contributed by atoms with Crippen molar-refractivity contribution in [2.24, 2.45) is 0 Å². The average molecular weight is 1140 g/mol. The molecule has 4 aliphatic rings. The number of rotatable bonds is 30. The number of nitrogens with one attached hydrogen (secondary N) is 5. The van der Waals surface area contributed by atoms with Crippen LogP contribution in [0.25, 0.3) is 0 Å². The van der Waals surface area contributed by atoms with Crippen LogP contribution in [0.4, 0.5) is 0 Å². The Balaban J connectivity index is 1.18. The summed E-state index contributed by atoms with van der Waals surface area (Å²) in [6.45, 7) is -2.10. The number of hydrogen-bond acceptors (Lipinski definition) is 27. The summed E-state index contributed by atoms with van der Waals surface area (Å²) in [6, 6.07) is 7.08. The monoisotopic (exact) mass is 1140 g/mol. The van der Waals surface area contributed by atoms with Gasteiger partial charge in [-0.2, -0.15) is 0 Å².